The Balaban J connectivity index is 2.55. The van der Waals surface area contributed by atoms with Crippen LogP contribution in [0, 0.1) is 5.92 Å². The highest BCUT2D eigenvalue weighted by Gasteiger charge is 2.36. The Kier molecular flexibility index (Phi) is 3.53. The molecule has 0 bridgehead atoms. The molecule has 0 amide bonds. The molecule has 3 heteroatoms. The molecule has 0 spiro atoms. The quantitative estimate of drug-likeness (QED) is 0.712. The van der Waals surface area contributed by atoms with Gasteiger partial charge in [0.15, 0.2) is 0 Å². The van der Waals surface area contributed by atoms with Crippen LogP contribution in [0.2, 0.25) is 0 Å². The maximum absolute atomic E-state index is 11.2. The monoisotopic (exact) mass is 199 g/mol. The van der Waals surface area contributed by atoms with Gasteiger partial charge < -0.3 is 5.11 Å². The number of hydrogen-bond donors (Lipinski definition) is 2. The van der Waals surface area contributed by atoms with Crippen LogP contribution in [0.5, 0.6) is 0 Å². The second-order valence-electron chi connectivity index (χ2n) is 5.01. The Labute approximate surface area is 85.9 Å². The van der Waals surface area contributed by atoms with Gasteiger partial charge in [0.05, 0.1) is 0 Å². The number of hydrogen-bond acceptors (Lipinski definition) is 2. The molecule has 1 aliphatic carbocycles. The average Bonchev–Trinajstić information content (AvgIpc) is 1.95. The van der Waals surface area contributed by atoms with E-state index in [2.05, 4.69) is 19.2 Å². The minimum absolute atomic E-state index is 0.406. The van der Waals surface area contributed by atoms with Crippen LogP contribution >= 0.6 is 0 Å². The fourth-order valence-corrected chi connectivity index (χ4v) is 2.03. The summed E-state index contributed by atoms with van der Waals surface area (Å²) in [6.07, 6.45) is 4.18. The molecule has 82 valence electrons. The van der Waals surface area contributed by atoms with E-state index in [0.717, 1.165) is 12.8 Å². The van der Waals surface area contributed by atoms with Crippen LogP contribution in [0.25, 0.3) is 0 Å². The zero-order valence-corrected chi connectivity index (χ0v) is 9.34. The van der Waals surface area contributed by atoms with E-state index < -0.39 is 11.5 Å². The second kappa shape index (κ2) is 4.30. The average molecular weight is 199 g/mol. The van der Waals surface area contributed by atoms with Crippen molar-refractivity contribution in [3.8, 4) is 0 Å². The van der Waals surface area contributed by atoms with Crippen LogP contribution in [0.15, 0.2) is 0 Å². The van der Waals surface area contributed by atoms with Crippen molar-refractivity contribution >= 4 is 5.97 Å². The SMILES string of the molecule is CC(C)CC(C)(NC1CCC1)C(=O)O. The first-order valence-electron chi connectivity index (χ1n) is 5.45. The minimum atomic E-state index is -0.737. The number of aliphatic carboxylic acids is 1. The van der Waals surface area contributed by atoms with Crippen molar-refractivity contribution < 1.29 is 9.90 Å². The molecule has 1 atom stereocenters. The molecule has 2 N–H and O–H groups in total. The third-order valence-corrected chi connectivity index (χ3v) is 2.92. The summed E-state index contributed by atoms with van der Waals surface area (Å²) in [7, 11) is 0. The Hall–Kier alpha value is -0.570. The van der Waals surface area contributed by atoms with Crippen molar-refractivity contribution in [1.29, 1.82) is 0 Å². The third-order valence-electron chi connectivity index (χ3n) is 2.92. The van der Waals surface area contributed by atoms with Crippen molar-refractivity contribution in [2.45, 2.75) is 58.0 Å². The molecule has 0 heterocycles. The second-order valence-corrected chi connectivity index (χ2v) is 5.01. The van der Waals surface area contributed by atoms with E-state index in [1.54, 1.807) is 6.92 Å². The van der Waals surface area contributed by atoms with Crippen LogP contribution in [0.1, 0.15) is 46.5 Å². The van der Waals surface area contributed by atoms with Gasteiger partial charge in [-0.25, -0.2) is 0 Å². The molecule has 0 aliphatic heterocycles. The van der Waals surface area contributed by atoms with Gasteiger partial charge in [-0.2, -0.15) is 0 Å². The number of carboxylic acids is 1. The highest BCUT2D eigenvalue weighted by molar-refractivity contribution is 5.78. The predicted molar refractivity (Wildman–Crippen MR) is 56.3 cm³/mol. The maximum Gasteiger partial charge on any atom is 0.323 e. The smallest absolute Gasteiger partial charge is 0.323 e. The summed E-state index contributed by atoms with van der Waals surface area (Å²) in [6.45, 7) is 5.92. The molecule has 14 heavy (non-hydrogen) atoms. The number of carboxylic acid groups (broad SMARTS) is 1. The van der Waals surface area contributed by atoms with Crippen LogP contribution < -0.4 is 5.32 Å². The topological polar surface area (TPSA) is 49.3 Å². The van der Waals surface area contributed by atoms with E-state index in [1.165, 1.54) is 6.42 Å². The van der Waals surface area contributed by atoms with E-state index in [-0.39, 0.29) is 0 Å². The van der Waals surface area contributed by atoms with E-state index in [4.69, 9.17) is 0 Å². The van der Waals surface area contributed by atoms with Gasteiger partial charge in [-0.15, -0.1) is 0 Å². The molecule has 1 fully saturated rings. The van der Waals surface area contributed by atoms with Crippen molar-refractivity contribution in [2.75, 3.05) is 0 Å². The molecular formula is C11H21NO2. The van der Waals surface area contributed by atoms with Gasteiger partial charge in [-0.05, 0) is 32.1 Å². The zero-order chi connectivity index (χ0) is 10.8. The van der Waals surface area contributed by atoms with Crippen LogP contribution in [-0.4, -0.2) is 22.7 Å². The predicted octanol–water partition coefficient (Wildman–Crippen LogP) is 2.02. The molecule has 0 radical (unpaired) electrons. The molecule has 0 saturated heterocycles. The van der Waals surface area contributed by atoms with Crippen molar-refractivity contribution in [2.24, 2.45) is 5.92 Å². The molecule has 1 aliphatic rings. The number of nitrogens with one attached hydrogen (secondary N) is 1. The summed E-state index contributed by atoms with van der Waals surface area (Å²) >= 11 is 0. The van der Waals surface area contributed by atoms with Gasteiger partial charge in [-0.1, -0.05) is 20.3 Å². The Morgan fingerprint density at radius 2 is 2.14 bits per heavy atom. The highest BCUT2D eigenvalue weighted by Crippen LogP contribution is 2.24. The van der Waals surface area contributed by atoms with Gasteiger partial charge in [0, 0.05) is 6.04 Å². The van der Waals surface area contributed by atoms with E-state index in [1.807, 2.05) is 0 Å². The lowest BCUT2D eigenvalue weighted by atomic mass is 9.85. The molecule has 3 nitrogen and oxygen atoms in total. The van der Waals surface area contributed by atoms with Gasteiger partial charge in [0.1, 0.15) is 5.54 Å². The lowest BCUT2D eigenvalue weighted by Crippen LogP contribution is -2.56. The summed E-state index contributed by atoms with van der Waals surface area (Å²) in [5.41, 5.74) is -0.737. The normalized spacial score (nSPS) is 21.7. The first kappa shape index (κ1) is 11.5. The van der Waals surface area contributed by atoms with Gasteiger partial charge >= 0.3 is 5.97 Å². The minimum Gasteiger partial charge on any atom is -0.480 e. The van der Waals surface area contributed by atoms with E-state index in [9.17, 15) is 9.90 Å². The molecule has 0 aromatic carbocycles. The lowest BCUT2D eigenvalue weighted by Gasteiger charge is -2.37. The summed E-state index contributed by atoms with van der Waals surface area (Å²) < 4.78 is 0. The number of rotatable bonds is 5. The molecule has 0 aromatic heterocycles. The van der Waals surface area contributed by atoms with Crippen molar-refractivity contribution in [3.63, 3.8) is 0 Å². The largest absolute Gasteiger partial charge is 0.480 e. The third kappa shape index (κ3) is 2.71. The Bertz CT molecular complexity index is 211. The zero-order valence-electron chi connectivity index (χ0n) is 9.34. The van der Waals surface area contributed by atoms with E-state index in [0.29, 0.717) is 18.4 Å². The van der Waals surface area contributed by atoms with E-state index >= 15 is 0 Å². The summed E-state index contributed by atoms with van der Waals surface area (Å²) in [4.78, 5) is 11.2. The first-order chi connectivity index (χ1) is 6.44. The molecule has 1 unspecified atom stereocenters. The Morgan fingerprint density at radius 3 is 2.43 bits per heavy atom. The van der Waals surface area contributed by atoms with Gasteiger partial charge in [0.2, 0.25) is 0 Å². The first-order valence-corrected chi connectivity index (χ1v) is 5.45. The van der Waals surface area contributed by atoms with Crippen LogP contribution in [0.3, 0.4) is 0 Å². The van der Waals surface area contributed by atoms with Crippen molar-refractivity contribution in [3.05, 3.63) is 0 Å². The van der Waals surface area contributed by atoms with Crippen molar-refractivity contribution in [1.82, 2.24) is 5.32 Å². The maximum atomic E-state index is 11.2. The van der Waals surface area contributed by atoms with Gasteiger partial charge in [0.25, 0.3) is 0 Å². The molecule has 0 aromatic rings. The fourth-order valence-electron chi connectivity index (χ4n) is 2.03. The molecular weight excluding hydrogens is 178 g/mol. The standard InChI is InChI=1S/C11H21NO2/c1-8(2)7-11(3,10(13)14)12-9-5-4-6-9/h8-9,12H,4-7H2,1-3H3,(H,13,14). The summed E-state index contributed by atoms with van der Waals surface area (Å²) in [6, 6.07) is 0.426. The fraction of sp³-hybridized carbons (Fsp3) is 0.909. The Morgan fingerprint density at radius 1 is 1.57 bits per heavy atom. The van der Waals surface area contributed by atoms with Gasteiger partial charge in [-0.3, -0.25) is 10.1 Å². The number of carbonyl (C=O) groups is 1. The molecule has 1 rings (SSSR count). The molecule has 1 saturated carbocycles. The summed E-state index contributed by atoms with van der Waals surface area (Å²) in [5, 5.41) is 12.4. The highest BCUT2D eigenvalue weighted by atomic mass is 16.4. The van der Waals surface area contributed by atoms with Crippen LogP contribution in [0.4, 0.5) is 0 Å². The summed E-state index contributed by atoms with van der Waals surface area (Å²) in [5.74, 6) is -0.318. The van der Waals surface area contributed by atoms with Crippen LogP contribution in [-0.2, 0) is 4.79 Å². The lowest BCUT2D eigenvalue weighted by molar-refractivity contribution is -0.145.